The van der Waals surface area contributed by atoms with Crippen LogP contribution in [0.2, 0.25) is 0 Å². The van der Waals surface area contributed by atoms with Crippen LogP contribution in [0.5, 0.6) is 0 Å². The molecule has 2 N–H and O–H groups in total. The van der Waals surface area contributed by atoms with Gasteiger partial charge in [0.2, 0.25) is 5.91 Å². The van der Waals surface area contributed by atoms with E-state index < -0.39 is 28.2 Å². The molecule has 0 saturated carbocycles. The Labute approximate surface area is 157 Å². The van der Waals surface area contributed by atoms with Crippen molar-refractivity contribution in [1.29, 1.82) is 0 Å². The number of nitro groups is 1. The molecule has 1 saturated heterocycles. The minimum Gasteiger partial charge on any atom is -0.509 e. The number of carbonyl (C=O) groups excluding carboxylic acids is 3. The van der Waals surface area contributed by atoms with Crippen LogP contribution < -0.4 is 5.32 Å². The number of fused-ring (bicyclic) bond motifs is 1. The monoisotopic (exact) mass is 393 g/mol. The van der Waals surface area contributed by atoms with Crippen molar-refractivity contribution in [2.24, 2.45) is 0 Å². The van der Waals surface area contributed by atoms with E-state index in [-0.39, 0.29) is 35.4 Å². The second-order valence-corrected chi connectivity index (χ2v) is 6.99. The lowest BCUT2D eigenvalue weighted by Gasteiger charge is -2.48. The lowest BCUT2D eigenvalue weighted by atomic mass is 10.0. The number of ether oxygens (including phenoxy) is 1. The van der Waals surface area contributed by atoms with Crippen LogP contribution in [0.1, 0.15) is 12.5 Å². The first-order valence-electron chi connectivity index (χ1n) is 7.84. The third-order valence-electron chi connectivity index (χ3n) is 4.02. The third kappa shape index (κ3) is 3.58. The van der Waals surface area contributed by atoms with Gasteiger partial charge < -0.3 is 15.2 Å². The van der Waals surface area contributed by atoms with Gasteiger partial charge in [0.15, 0.2) is 5.70 Å². The summed E-state index contributed by atoms with van der Waals surface area (Å²) in [6, 6.07) is 4.70. The van der Waals surface area contributed by atoms with Crippen LogP contribution in [0.4, 0.5) is 5.69 Å². The van der Waals surface area contributed by atoms with Gasteiger partial charge in [0.1, 0.15) is 23.8 Å². The van der Waals surface area contributed by atoms with Gasteiger partial charge in [-0.15, -0.1) is 11.8 Å². The largest absolute Gasteiger partial charge is 0.509 e. The van der Waals surface area contributed by atoms with E-state index in [1.807, 2.05) is 0 Å². The quantitative estimate of drug-likeness (QED) is 0.324. The maximum absolute atomic E-state index is 12.4. The average Bonchev–Trinajstić information content (AvgIpc) is 2.64. The summed E-state index contributed by atoms with van der Waals surface area (Å²) in [6.45, 7) is 1.11. The number of aliphatic hydroxyl groups is 1. The van der Waals surface area contributed by atoms with E-state index in [4.69, 9.17) is 4.74 Å². The molecule has 1 aromatic carbocycles. The second-order valence-electron chi connectivity index (χ2n) is 5.88. The van der Waals surface area contributed by atoms with E-state index in [0.29, 0.717) is 5.56 Å². The molecule has 10 nitrogen and oxygen atoms in total. The Kier molecular flexibility index (Phi) is 5.04. The minimum absolute atomic E-state index is 0.0900. The smallest absolute Gasteiger partial charge is 0.358 e. The van der Waals surface area contributed by atoms with Gasteiger partial charge in [0, 0.05) is 19.1 Å². The second kappa shape index (κ2) is 7.27. The fourth-order valence-corrected chi connectivity index (χ4v) is 3.94. The number of rotatable bonds is 5. The summed E-state index contributed by atoms with van der Waals surface area (Å²) < 4.78 is 5.14. The van der Waals surface area contributed by atoms with Gasteiger partial charge in [-0.25, -0.2) is 4.79 Å². The fourth-order valence-electron chi connectivity index (χ4n) is 2.74. The molecule has 0 aliphatic carbocycles. The maximum Gasteiger partial charge on any atom is 0.358 e. The third-order valence-corrected chi connectivity index (χ3v) is 5.28. The van der Waals surface area contributed by atoms with Crippen molar-refractivity contribution in [2.45, 2.75) is 24.9 Å². The molecule has 2 heterocycles. The van der Waals surface area contributed by atoms with Crippen LogP contribution in [0.25, 0.3) is 0 Å². The zero-order valence-electron chi connectivity index (χ0n) is 14.1. The van der Waals surface area contributed by atoms with Gasteiger partial charge in [-0.2, -0.15) is 0 Å². The fraction of sp³-hybridized carbons (Fsp3) is 0.312. The number of β-lactam (4-membered cyclic amide) rings is 1. The Morgan fingerprint density at radius 1 is 1.41 bits per heavy atom. The maximum atomic E-state index is 12.4. The first-order valence-corrected chi connectivity index (χ1v) is 8.89. The summed E-state index contributed by atoms with van der Waals surface area (Å²) in [4.78, 5) is 47.0. The molecule has 0 spiro atoms. The molecule has 2 aliphatic heterocycles. The van der Waals surface area contributed by atoms with Gasteiger partial charge in [-0.05, 0) is 17.7 Å². The minimum atomic E-state index is -0.884. The summed E-state index contributed by atoms with van der Waals surface area (Å²) in [6.07, 6.45) is 0. The summed E-state index contributed by atoms with van der Waals surface area (Å²) in [5.74, 6) is -1.93. The highest BCUT2D eigenvalue weighted by Gasteiger charge is 2.54. The molecule has 27 heavy (non-hydrogen) atoms. The predicted molar refractivity (Wildman–Crippen MR) is 93.2 cm³/mol. The van der Waals surface area contributed by atoms with Gasteiger partial charge in [0.05, 0.1) is 10.7 Å². The van der Waals surface area contributed by atoms with E-state index in [1.165, 1.54) is 43.0 Å². The Morgan fingerprint density at radius 3 is 2.67 bits per heavy atom. The zero-order chi connectivity index (χ0) is 19.7. The van der Waals surface area contributed by atoms with Gasteiger partial charge in [0.25, 0.3) is 11.6 Å². The highest BCUT2D eigenvalue weighted by atomic mass is 32.2. The van der Waals surface area contributed by atoms with E-state index in [2.05, 4.69) is 5.32 Å². The molecule has 2 aliphatic rings. The molecule has 3 rings (SSSR count). The van der Waals surface area contributed by atoms with Crippen molar-refractivity contribution < 1.29 is 29.2 Å². The van der Waals surface area contributed by atoms with Crippen LogP contribution in [-0.2, 0) is 25.7 Å². The van der Waals surface area contributed by atoms with Crippen molar-refractivity contribution in [1.82, 2.24) is 10.2 Å². The number of amides is 2. The number of aliphatic hydroxyl groups excluding tert-OH is 1. The molecular weight excluding hydrogens is 378 g/mol. The molecule has 0 aromatic heterocycles. The molecule has 0 bridgehead atoms. The number of nitrogens with zero attached hydrogens (tertiary/aromatic N) is 2. The highest BCUT2D eigenvalue weighted by molar-refractivity contribution is 8.00. The Balaban J connectivity index is 1.67. The molecule has 1 fully saturated rings. The number of esters is 1. The van der Waals surface area contributed by atoms with E-state index >= 15 is 0 Å². The van der Waals surface area contributed by atoms with E-state index in [0.717, 1.165) is 4.90 Å². The molecule has 142 valence electrons. The van der Waals surface area contributed by atoms with E-state index in [9.17, 15) is 29.6 Å². The number of nitro benzene ring substituents is 1. The van der Waals surface area contributed by atoms with Crippen LogP contribution in [-0.4, -0.2) is 49.9 Å². The van der Waals surface area contributed by atoms with Gasteiger partial charge in [-0.1, -0.05) is 0 Å². The lowest BCUT2D eigenvalue weighted by Crippen LogP contribution is -2.70. The number of benzene rings is 1. The topological polar surface area (TPSA) is 139 Å². The Hall–Kier alpha value is -3.08. The summed E-state index contributed by atoms with van der Waals surface area (Å²) >= 11 is 1.23. The van der Waals surface area contributed by atoms with Crippen molar-refractivity contribution in [3.8, 4) is 0 Å². The van der Waals surface area contributed by atoms with Crippen molar-refractivity contribution in [3.63, 3.8) is 0 Å². The van der Waals surface area contributed by atoms with Crippen molar-refractivity contribution in [3.05, 3.63) is 51.4 Å². The Bertz CT molecular complexity index is 852. The first-order chi connectivity index (χ1) is 12.8. The van der Waals surface area contributed by atoms with Crippen LogP contribution in [0.3, 0.4) is 0 Å². The summed E-state index contributed by atoms with van der Waals surface area (Å²) in [7, 11) is 0. The summed E-state index contributed by atoms with van der Waals surface area (Å²) in [5.41, 5.74) is 0.182. The molecule has 11 heteroatoms. The number of carbonyl (C=O) groups is 3. The number of hydrogen-bond donors (Lipinski definition) is 2. The standard InChI is InChI=1S/C16H15N3O7S/c1-8(20)17-12-14(22)18-13(11(21)7-27-15(12)18)16(23)26-6-9-2-4-10(5-3-9)19(24)25/h2-5,12,15,21H,6-7H2,1H3,(H,17,20)/t12?,15-/m0/s1. The number of non-ortho nitro benzene ring substituents is 1. The Morgan fingerprint density at radius 2 is 2.07 bits per heavy atom. The molecular formula is C16H15N3O7S. The first kappa shape index (κ1) is 18.7. The molecule has 2 atom stereocenters. The van der Waals surface area contributed by atoms with Crippen LogP contribution >= 0.6 is 11.8 Å². The molecule has 1 aromatic rings. The predicted octanol–water partition coefficient (Wildman–Crippen LogP) is 0.827. The molecule has 0 radical (unpaired) electrons. The van der Waals surface area contributed by atoms with Crippen molar-refractivity contribution >= 4 is 35.2 Å². The zero-order valence-corrected chi connectivity index (χ0v) is 14.9. The van der Waals surface area contributed by atoms with E-state index in [1.54, 1.807) is 0 Å². The summed E-state index contributed by atoms with van der Waals surface area (Å²) in [5, 5.41) is 22.7. The lowest BCUT2D eigenvalue weighted by molar-refractivity contribution is -0.384. The molecule has 1 unspecified atom stereocenters. The van der Waals surface area contributed by atoms with Gasteiger partial charge in [-0.3, -0.25) is 24.6 Å². The normalized spacial score (nSPS) is 21.2. The number of hydrogen-bond acceptors (Lipinski definition) is 8. The van der Waals surface area contributed by atoms with Crippen LogP contribution in [0.15, 0.2) is 35.7 Å². The van der Waals surface area contributed by atoms with Crippen molar-refractivity contribution in [2.75, 3.05) is 5.75 Å². The molecule has 2 amide bonds. The van der Waals surface area contributed by atoms with Crippen LogP contribution in [0, 0.1) is 10.1 Å². The number of nitrogens with one attached hydrogen (secondary N) is 1. The number of thioether (sulfide) groups is 1. The van der Waals surface area contributed by atoms with Gasteiger partial charge >= 0.3 is 5.97 Å². The average molecular weight is 393 g/mol. The highest BCUT2D eigenvalue weighted by Crippen LogP contribution is 2.39. The SMILES string of the molecule is CC(=O)NC1C(=O)N2C(C(=O)OCc3ccc([N+](=O)[O-])cc3)=C(O)CS[C@@H]12.